The van der Waals surface area contributed by atoms with E-state index in [2.05, 4.69) is 39.3 Å². The van der Waals surface area contributed by atoms with Crippen LogP contribution in [0.1, 0.15) is 20.8 Å². The molecule has 7 heteroatoms. The third kappa shape index (κ3) is 6.15. The molecule has 2 N–H and O–H groups in total. The number of alkyl carbamates (subject to hydrolysis) is 1. The fraction of sp³-hybridized carbons (Fsp3) is 0.227. The molecule has 0 bridgehead atoms. The van der Waals surface area contributed by atoms with E-state index in [1.165, 1.54) is 11.3 Å². The van der Waals surface area contributed by atoms with Gasteiger partial charge in [0.05, 0.1) is 12.2 Å². The summed E-state index contributed by atoms with van der Waals surface area (Å²) in [6.07, 6.45) is 3.08. The predicted molar refractivity (Wildman–Crippen MR) is 118 cm³/mol. The maximum Gasteiger partial charge on any atom is 0.407 e. The summed E-state index contributed by atoms with van der Waals surface area (Å²) < 4.78 is 5.21. The number of ether oxygens (including phenoxy) is 1. The van der Waals surface area contributed by atoms with Crippen molar-refractivity contribution in [2.24, 2.45) is 0 Å². The van der Waals surface area contributed by atoms with Gasteiger partial charge in [-0.15, -0.1) is 11.3 Å². The van der Waals surface area contributed by atoms with Gasteiger partial charge in [-0.1, -0.05) is 24.8 Å². The second kappa shape index (κ2) is 8.87. The number of benzene rings is 1. The number of nitrogens with one attached hydrogen (secondary N) is 2. The van der Waals surface area contributed by atoms with Crippen molar-refractivity contribution in [2.75, 3.05) is 11.9 Å². The van der Waals surface area contributed by atoms with Gasteiger partial charge >= 0.3 is 6.09 Å². The van der Waals surface area contributed by atoms with Gasteiger partial charge in [-0.3, -0.25) is 4.98 Å². The molecule has 0 radical (unpaired) electrons. The average Bonchev–Trinajstić information content (AvgIpc) is 3.14. The molecule has 3 aromatic rings. The number of anilines is 1. The van der Waals surface area contributed by atoms with E-state index in [0.29, 0.717) is 10.8 Å². The first-order chi connectivity index (χ1) is 13.8. The van der Waals surface area contributed by atoms with Crippen LogP contribution in [0.2, 0.25) is 0 Å². The smallest absolute Gasteiger partial charge is 0.407 e. The number of pyridine rings is 1. The maximum atomic E-state index is 11.7. The molecule has 2 heterocycles. The normalized spacial score (nSPS) is 11.0. The highest BCUT2D eigenvalue weighted by Crippen LogP contribution is 2.29. The van der Waals surface area contributed by atoms with E-state index in [1.807, 2.05) is 50.4 Å². The lowest BCUT2D eigenvalue weighted by atomic mass is 10.0. The average molecular weight is 409 g/mol. The first-order valence-electron chi connectivity index (χ1n) is 9.18. The van der Waals surface area contributed by atoms with Crippen LogP contribution in [0, 0.1) is 0 Å². The van der Waals surface area contributed by atoms with Crippen molar-refractivity contribution in [1.29, 1.82) is 0 Å². The molecular formula is C22H24N4O2S. The van der Waals surface area contributed by atoms with E-state index in [1.54, 1.807) is 12.4 Å². The highest BCUT2D eigenvalue weighted by Gasteiger charge is 2.16. The van der Waals surface area contributed by atoms with Crippen LogP contribution in [-0.2, 0) is 4.74 Å². The number of hydrogen-bond donors (Lipinski definition) is 2. The highest BCUT2D eigenvalue weighted by atomic mass is 32.1. The van der Waals surface area contributed by atoms with Crippen molar-refractivity contribution in [3.05, 3.63) is 66.4 Å². The number of carbonyl (C=O) groups is 1. The topological polar surface area (TPSA) is 76.1 Å². The van der Waals surface area contributed by atoms with Crippen LogP contribution in [0.25, 0.3) is 22.4 Å². The lowest BCUT2D eigenvalue weighted by Crippen LogP contribution is -2.34. The van der Waals surface area contributed by atoms with Crippen LogP contribution in [0.4, 0.5) is 9.93 Å². The van der Waals surface area contributed by atoms with Crippen LogP contribution in [-0.4, -0.2) is 28.2 Å². The molecule has 1 aromatic carbocycles. The van der Waals surface area contributed by atoms with Crippen molar-refractivity contribution in [1.82, 2.24) is 15.3 Å². The second-order valence-electron chi connectivity index (χ2n) is 7.44. The lowest BCUT2D eigenvalue weighted by Gasteiger charge is -2.20. The number of rotatable bonds is 6. The van der Waals surface area contributed by atoms with E-state index >= 15 is 0 Å². The third-order valence-electron chi connectivity index (χ3n) is 3.80. The molecule has 0 aliphatic carbocycles. The van der Waals surface area contributed by atoms with E-state index in [0.717, 1.165) is 22.4 Å². The summed E-state index contributed by atoms with van der Waals surface area (Å²) in [5.41, 5.74) is 4.22. The minimum Gasteiger partial charge on any atom is -0.444 e. The number of amides is 1. The summed E-state index contributed by atoms with van der Waals surface area (Å²) in [7, 11) is 0. The zero-order chi connectivity index (χ0) is 20.9. The molecule has 1 amide bonds. The van der Waals surface area contributed by atoms with Gasteiger partial charge in [0.2, 0.25) is 0 Å². The van der Waals surface area contributed by atoms with Crippen LogP contribution >= 0.6 is 11.3 Å². The fourth-order valence-corrected chi connectivity index (χ4v) is 3.32. The van der Waals surface area contributed by atoms with Gasteiger partial charge in [0.15, 0.2) is 5.13 Å². The molecule has 0 spiro atoms. The summed E-state index contributed by atoms with van der Waals surface area (Å²) in [5.74, 6) is 0. The Morgan fingerprint density at radius 1 is 1.14 bits per heavy atom. The van der Waals surface area contributed by atoms with Crippen LogP contribution in [0.5, 0.6) is 0 Å². The molecule has 0 atom stereocenters. The van der Waals surface area contributed by atoms with Gasteiger partial charge in [-0.2, -0.15) is 0 Å². The van der Waals surface area contributed by atoms with Crippen LogP contribution in [0.3, 0.4) is 0 Å². The maximum absolute atomic E-state index is 11.7. The van der Waals surface area contributed by atoms with E-state index in [4.69, 9.17) is 4.74 Å². The Hall–Kier alpha value is -3.19. The van der Waals surface area contributed by atoms with Gasteiger partial charge in [-0.05, 0) is 50.1 Å². The largest absolute Gasteiger partial charge is 0.444 e. The third-order valence-corrected chi connectivity index (χ3v) is 4.56. The lowest BCUT2D eigenvalue weighted by molar-refractivity contribution is 0.0533. The Kier molecular flexibility index (Phi) is 6.29. The monoisotopic (exact) mass is 408 g/mol. The van der Waals surface area contributed by atoms with E-state index < -0.39 is 11.7 Å². The Bertz CT molecular complexity index is 993. The molecule has 3 rings (SSSR count). The molecule has 0 fully saturated rings. The van der Waals surface area contributed by atoms with E-state index in [-0.39, 0.29) is 6.54 Å². The van der Waals surface area contributed by atoms with Gasteiger partial charge in [0.25, 0.3) is 0 Å². The molecule has 0 unspecified atom stereocenters. The molecular weight excluding hydrogens is 384 g/mol. The van der Waals surface area contributed by atoms with Gasteiger partial charge < -0.3 is 15.4 Å². The number of aromatic nitrogens is 2. The Morgan fingerprint density at radius 3 is 2.59 bits per heavy atom. The molecule has 150 valence electrons. The Labute approximate surface area is 174 Å². The minimum atomic E-state index is -0.534. The predicted octanol–water partition coefficient (Wildman–Crippen LogP) is 5.32. The first-order valence-corrected chi connectivity index (χ1v) is 10.1. The highest BCUT2D eigenvalue weighted by molar-refractivity contribution is 7.14. The molecule has 29 heavy (non-hydrogen) atoms. The summed E-state index contributed by atoms with van der Waals surface area (Å²) >= 11 is 1.48. The molecule has 2 aromatic heterocycles. The summed E-state index contributed by atoms with van der Waals surface area (Å²) in [6, 6.07) is 12.2. The zero-order valence-electron chi connectivity index (χ0n) is 16.7. The van der Waals surface area contributed by atoms with Crippen molar-refractivity contribution in [3.8, 4) is 22.4 Å². The zero-order valence-corrected chi connectivity index (χ0v) is 17.5. The molecule has 6 nitrogen and oxygen atoms in total. The number of thiazole rings is 1. The number of nitrogens with zero attached hydrogens (tertiary/aromatic N) is 2. The van der Waals surface area contributed by atoms with Gasteiger partial charge in [0.1, 0.15) is 5.60 Å². The summed E-state index contributed by atoms with van der Waals surface area (Å²) in [6.45, 7) is 9.64. The van der Waals surface area contributed by atoms with Crippen molar-refractivity contribution in [2.45, 2.75) is 26.4 Å². The SMILES string of the molecule is C=C(CNC(=O)OC(C)(C)C)Nc1nc(-c2cccc(-c3ccncc3)c2)cs1. The Balaban J connectivity index is 1.61. The van der Waals surface area contributed by atoms with Crippen LogP contribution < -0.4 is 10.6 Å². The second-order valence-corrected chi connectivity index (χ2v) is 8.30. The summed E-state index contributed by atoms with van der Waals surface area (Å²) in [4.78, 5) is 20.4. The minimum absolute atomic E-state index is 0.251. The molecule has 0 aliphatic rings. The van der Waals surface area contributed by atoms with E-state index in [9.17, 15) is 4.79 Å². The number of hydrogen-bond acceptors (Lipinski definition) is 6. The summed E-state index contributed by atoms with van der Waals surface area (Å²) in [5, 5.41) is 8.50. The van der Waals surface area contributed by atoms with Crippen molar-refractivity contribution >= 4 is 22.6 Å². The number of carbonyl (C=O) groups excluding carboxylic acids is 1. The van der Waals surface area contributed by atoms with Gasteiger partial charge in [0, 0.05) is 29.0 Å². The molecule has 0 saturated heterocycles. The molecule has 0 saturated carbocycles. The first kappa shape index (κ1) is 20.5. The Morgan fingerprint density at radius 2 is 1.86 bits per heavy atom. The van der Waals surface area contributed by atoms with Crippen molar-refractivity contribution in [3.63, 3.8) is 0 Å². The fourth-order valence-electron chi connectivity index (χ4n) is 2.55. The standard InChI is InChI=1S/C22H24N4O2S/c1-15(13-24-21(27)28-22(2,3)4)25-20-26-19(14-29-20)18-7-5-6-17(12-18)16-8-10-23-11-9-16/h5-12,14H,1,13H2,2-4H3,(H,24,27)(H,25,26). The van der Waals surface area contributed by atoms with Crippen LogP contribution in [0.15, 0.2) is 66.4 Å². The molecule has 0 aliphatic heterocycles. The van der Waals surface area contributed by atoms with Crippen molar-refractivity contribution < 1.29 is 9.53 Å². The quantitative estimate of drug-likeness (QED) is 0.577. The van der Waals surface area contributed by atoms with Gasteiger partial charge in [-0.25, -0.2) is 9.78 Å².